The normalized spacial score (nSPS) is 16.8. The molecule has 0 aliphatic heterocycles. The number of ether oxygens (including phenoxy) is 1. The second-order valence-corrected chi connectivity index (χ2v) is 8.29. The number of hydrogen-bond acceptors (Lipinski definition) is 7. The number of carbonyl (C=O) groups excluding carboxylic acids is 2. The molecule has 2 aromatic heterocycles. The van der Waals surface area contributed by atoms with E-state index < -0.39 is 12.1 Å². The van der Waals surface area contributed by atoms with Crippen molar-refractivity contribution in [2.75, 3.05) is 5.75 Å². The number of hydrogen-bond donors (Lipinski definition) is 1. The lowest BCUT2D eigenvalue weighted by atomic mass is 10.1. The number of thiophene rings is 1. The van der Waals surface area contributed by atoms with E-state index in [-0.39, 0.29) is 17.7 Å². The highest BCUT2D eigenvalue weighted by atomic mass is 32.2. The Morgan fingerprint density at radius 2 is 2.08 bits per heavy atom. The number of nitrogens with zero attached hydrogens (tertiary/aromatic N) is 2. The fourth-order valence-corrected chi connectivity index (χ4v) is 4.60. The van der Waals surface area contributed by atoms with Crippen molar-refractivity contribution in [3.8, 4) is 0 Å². The first-order valence-corrected chi connectivity index (χ1v) is 10.8. The molecule has 1 saturated carbocycles. The van der Waals surface area contributed by atoms with Crippen molar-refractivity contribution < 1.29 is 14.3 Å². The third-order valence-corrected chi connectivity index (χ3v) is 6.23. The summed E-state index contributed by atoms with van der Waals surface area (Å²) in [5.74, 6) is -0.513. The number of aromatic nitrogens is 2. The zero-order valence-corrected chi connectivity index (χ0v) is 16.4. The number of rotatable bonds is 6. The summed E-state index contributed by atoms with van der Waals surface area (Å²) in [5.41, 5.74) is 0. The van der Waals surface area contributed by atoms with Gasteiger partial charge in [0, 0.05) is 11.4 Å². The van der Waals surface area contributed by atoms with Gasteiger partial charge >= 0.3 is 5.97 Å². The molecule has 0 radical (unpaired) electrons. The Hall–Kier alpha value is -1.67. The summed E-state index contributed by atoms with van der Waals surface area (Å²) in [4.78, 5) is 33.7. The van der Waals surface area contributed by atoms with Crippen LogP contribution in [0.1, 0.15) is 45.4 Å². The Bertz CT molecular complexity index is 757. The number of fused-ring (bicyclic) bond motifs is 1. The van der Waals surface area contributed by atoms with E-state index in [4.69, 9.17) is 4.74 Å². The maximum atomic E-state index is 12.3. The molecular formula is C18H23N3O3S2. The molecule has 0 bridgehead atoms. The molecule has 2 heterocycles. The molecule has 1 aliphatic rings. The molecule has 6 nitrogen and oxygen atoms in total. The lowest BCUT2D eigenvalue weighted by molar-refractivity contribution is -0.152. The number of esters is 1. The van der Waals surface area contributed by atoms with Gasteiger partial charge in [-0.05, 0) is 31.2 Å². The minimum atomic E-state index is -0.780. The molecule has 1 atom stereocenters. The average Bonchev–Trinajstić information content (AvgIpc) is 2.97. The summed E-state index contributed by atoms with van der Waals surface area (Å²) in [5, 5.41) is 6.66. The summed E-state index contributed by atoms with van der Waals surface area (Å²) in [6.45, 7) is 1.62. The van der Waals surface area contributed by atoms with Gasteiger partial charge in [0.05, 0.1) is 5.75 Å². The molecule has 0 spiro atoms. The molecule has 1 fully saturated rings. The second-order valence-electron chi connectivity index (χ2n) is 6.44. The van der Waals surface area contributed by atoms with Gasteiger partial charge in [-0.15, -0.1) is 11.3 Å². The van der Waals surface area contributed by atoms with Crippen LogP contribution in [-0.4, -0.2) is 39.7 Å². The minimum absolute atomic E-state index is 0.114. The predicted octanol–water partition coefficient (Wildman–Crippen LogP) is 3.55. The molecular weight excluding hydrogens is 370 g/mol. The van der Waals surface area contributed by atoms with Crippen molar-refractivity contribution in [2.45, 2.75) is 62.6 Å². The van der Waals surface area contributed by atoms with Gasteiger partial charge in [-0.1, -0.05) is 37.4 Å². The van der Waals surface area contributed by atoms with E-state index in [9.17, 15) is 9.59 Å². The molecule has 1 N–H and O–H groups in total. The van der Waals surface area contributed by atoms with Gasteiger partial charge in [0.2, 0.25) is 0 Å². The highest BCUT2D eigenvalue weighted by Crippen LogP contribution is 2.27. The highest BCUT2D eigenvalue weighted by molar-refractivity contribution is 8.00. The Kier molecular flexibility index (Phi) is 6.85. The maximum absolute atomic E-state index is 12.3. The average molecular weight is 394 g/mol. The maximum Gasteiger partial charge on any atom is 0.317 e. The van der Waals surface area contributed by atoms with Crippen LogP contribution in [0.4, 0.5) is 0 Å². The molecule has 140 valence electrons. The van der Waals surface area contributed by atoms with Crippen LogP contribution in [0.2, 0.25) is 0 Å². The second kappa shape index (κ2) is 9.32. The van der Waals surface area contributed by atoms with Crippen LogP contribution < -0.4 is 5.32 Å². The van der Waals surface area contributed by atoms with Crippen molar-refractivity contribution in [1.82, 2.24) is 15.3 Å². The van der Waals surface area contributed by atoms with Crippen LogP contribution in [0.5, 0.6) is 0 Å². The smallest absolute Gasteiger partial charge is 0.317 e. The van der Waals surface area contributed by atoms with E-state index >= 15 is 0 Å². The van der Waals surface area contributed by atoms with Crippen molar-refractivity contribution in [2.24, 2.45) is 0 Å². The van der Waals surface area contributed by atoms with Gasteiger partial charge in [0.25, 0.3) is 5.91 Å². The molecule has 3 rings (SSSR count). The summed E-state index contributed by atoms with van der Waals surface area (Å²) in [6, 6.07) is 2.14. The molecule has 26 heavy (non-hydrogen) atoms. The van der Waals surface area contributed by atoms with Crippen molar-refractivity contribution >= 4 is 45.2 Å². The Morgan fingerprint density at radius 1 is 1.31 bits per heavy atom. The topological polar surface area (TPSA) is 81.2 Å². The molecule has 2 aromatic rings. The lowest BCUT2D eigenvalue weighted by Gasteiger charge is -2.19. The van der Waals surface area contributed by atoms with Crippen LogP contribution in [0.3, 0.4) is 0 Å². The summed E-state index contributed by atoms with van der Waals surface area (Å²) in [6.07, 6.45) is 7.48. The van der Waals surface area contributed by atoms with Gasteiger partial charge in [-0.3, -0.25) is 9.59 Å². The molecule has 1 aliphatic carbocycles. The SMILES string of the molecule is C[C@H](OC(=O)CSc1ncnc2sccc12)C(=O)NC1CCCCCC1. The molecule has 1 amide bonds. The van der Waals surface area contributed by atoms with E-state index in [1.54, 1.807) is 6.92 Å². The van der Waals surface area contributed by atoms with E-state index in [1.807, 2.05) is 11.4 Å². The third-order valence-electron chi connectivity index (χ3n) is 4.43. The van der Waals surface area contributed by atoms with Gasteiger partial charge in [-0.25, -0.2) is 9.97 Å². The van der Waals surface area contributed by atoms with Crippen LogP contribution >= 0.6 is 23.1 Å². The summed E-state index contributed by atoms with van der Waals surface area (Å²) in [7, 11) is 0. The first kappa shape index (κ1) is 19.1. The molecule has 0 saturated heterocycles. The zero-order chi connectivity index (χ0) is 18.4. The zero-order valence-electron chi connectivity index (χ0n) is 14.8. The number of thioether (sulfide) groups is 1. The predicted molar refractivity (Wildman–Crippen MR) is 103 cm³/mol. The lowest BCUT2D eigenvalue weighted by Crippen LogP contribution is -2.42. The van der Waals surface area contributed by atoms with Crippen LogP contribution in [0, 0.1) is 0 Å². The first-order valence-electron chi connectivity index (χ1n) is 8.94. The van der Waals surface area contributed by atoms with Crippen LogP contribution in [0.15, 0.2) is 22.8 Å². The van der Waals surface area contributed by atoms with Crippen LogP contribution in [0.25, 0.3) is 10.2 Å². The van der Waals surface area contributed by atoms with Crippen molar-refractivity contribution in [3.63, 3.8) is 0 Å². The standard InChI is InChI=1S/C18H23N3O3S2/c1-12(16(23)21-13-6-4-2-3-5-7-13)24-15(22)10-26-18-14-8-9-25-17(14)19-11-20-18/h8-9,11-13H,2-7,10H2,1H3,(H,21,23)/t12-/m0/s1. The minimum Gasteiger partial charge on any atom is -0.452 e. The van der Waals surface area contributed by atoms with E-state index in [1.165, 1.54) is 42.3 Å². The fourth-order valence-electron chi connectivity index (χ4n) is 3.04. The summed E-state index contributed by atoms with van der Waals surface area (Å²) >= 11 is 2.84. The monoisotopic (exact) mass is 393 g/mol. The molecule has 0 unspecified atom stereocenters. The van der Waals surface area contributed by atoms with Gasteiger partial charge in [0.1, 0.15) is 16.2 Å². The fraction of sp³-hybridized carbons (Fsp3) is 0.556. The third kappa shape index (κ3) is 5.17. The quantitative estimate of drug-likeness (QED) is 0.350. The van der Waals surface area contributed by atoms with Gasteiger partial charge < -0.3 is 10.1 Å². The molecule has 8 heteroatoms. The Morgan fingerprint density at radius 3 is 2.85 bits per heavy atom. The Balaban J connectivity index is 1.46. The number of carbonyl (C=O) groups is 2. The molecule has 0 aromatic carbocycles. The van der Waals surface area contributed by atoms with Crippen molar-refractivity contribution in [3.05, 3.63) is 17.8 Å². The van der Waals surface area contributed by atoms with Gasteiger partial charge in [0.15, 0.2) is 6.10 Å². The largest absolute Gasteiger partial charge is 0.452 e. The Labute approximate surface area is 161 Å². The highest BCUT2D eigenvalue weighted by Gasteiger charge is 2.22. The first-order chi connectivity index (χ1) is 12.6. The van der Waals surface area contributed by atoms with Crippen LogP contribution in [-0.2, 0) is 14.3 Å². The van der Waals surface area contributed by atoms with E-state index in [2.05, 4.69) is 15.3 Å². The van der Waals surface area contributed by atoms with Gasteiger partial charge in [-0.2, -0.15) is 0 Å². The van der Waals surface area contributed by atoms with E-state index in [0.717, 1.165) is 40.9 Å². The van der Waals surface area contributed by atoms with Crippen molar-refractivity contribution in [1.29, 1.82) is 0 Å². The summed E-state index contributed by atoms with van der Waals surface area (Å²) < 4.78 is 5.29. The number of nitrogens with one attached hydrogen (secondary N) is 1. The number of amides is 1. The van der Waals surface area contributed by atoms with E-state index in [0.29, 0.717) is 0 Å².